The van der Waals surface area contributed by atoms with Crippen molar-refractivity contribution in [1.29, 1.82) is 0 Å². The monoisotopic (exact) mass is 230 g/mol. The predicted octanol–water partition coefficient (Wildman–Crippen LogP) is 1.17. The number of benzene rings is 1. The van der Waals surface area contributed by atoms with Crippen LogP contribution in [0.3, 0.4) is 0 Å². The van der Waals surface area contributed by atoms with Crippen molar-refractivity contribution in [3.63, 3.8) is 0 Å². The number of para-hydroxylation sites is 1. The number of H-pyrrole nitrogens is 1. The Labute approximate surface area is 98.5 Å². The van der Waals surface area contributed by atoms with Crippen LogP contribution < -0.4 is 11.0 Å². The number of hydrogen-bond acceptors (Lipinski definition) is 3. The highest BCUT2D eigenvalue weighted by Gasteiger charge is 2.21. The molecular formula is C12H14N4O. The Morgan fingerprint density at radius 2 is 2.29 bits per heavy atom. The molecule has 0 radical (unpaired) electrons. The van der Waals surface area contributed by atoms with Crippen LogP contribution in [0, 0.1) is 0 Å². The third kappa shape index (κ3) is 1.84. The average Bonchev–Trinajstić information content (AvgIpc) is 2.93. The molecule has 17 heavy (non-hydrogen) atoms. The van der Waals surface area contributed by atoms with Gasteiger partial charge in [-0.25, -0.2) is 9.89 Å². The SMILES string of the molecule is O=c1[nH]ncn1CCC1CNc2ccccc21. The third-order valence-corrected chi connectivity index (χ3v) is 3.28. The van der Waals surface area contributed by atoms with Crippen LogP contribution in [-0.2, 0) is 6.54 Å². The highest BCUT2D eigenvalue weighted by atomic mass is 16.1. The third-order valence-electron chi connectivity index (χ3n) is 3.28. The lowest BCUT2D eigenvalue weighted by Gasteiger charge is -2.09. The predicted molar refractivity (Wildman–Crippen MR) is 65.1 cm³/mol. The molecule has 0 amide bonds. The summed E-state index contributed by atoms with van der Waals surface area (Å²) in [4.78, 5) is 11.3. The number of anilines is 1. The van der Waals surface area contributed by atoms with Gasteiger partial charge in [-0.15, -0.1) is 0 Å². The average molecular weight is 230 g/mol. The summed E-state index contributed by atoms with van der Waals surface area (Å²) < 4.78 is 1.61. The van der Waals surface area contributed by atoms with E-state index in [4.69, 9.17) is 0 Å². The van der Waals surface area contributed by atoms with E-state index in [1.165, 1.54) is 11.3 Å². The Kier molecular flexibility index (Phi) is 2.44. The fourth-order valence-corrected chi connectivity index (χ4v) is 2.34. The largest absolute Gasteiger partial charge is 0.384 e. The maximum Gasteiger partial charge on any atom is 0.343 e. The number of aromatic nitrogens is 3. The van der Waals surface area contributed by atoms with Gasteiger partial charge in [0.25, 0.3) is 0 Å². The number of hydrogen-bond donors (Lipinski definition) is 2. The first-order valence-corrected chi connectivity index (χ1v) is 5.77. The minimum Gasteiger partial charge on any atom is -0.384 e. The minimum atomic E-state index is -0.135. The van der Waals surface area contributed by atoms with Gasteiger partial charge >= 0.3 is 5.69 Å². The van der Waals surface area contributed by atoms with Crippen LogP contribution in [0.1, 0.15) is 17.9 Å². The molecule has 2 N–H and O–H groups in total. The van der Waals surface area contributed by atoms with Crippen LogP contribution in [0.2, 0.25) is 0 Å². The molecule has 0 aliphatic carbocycles. The molecule has 0 saturated heterocycles. The molecule has 1 unspecified atom stereocenters. The number of aromatic amines is 1. The standard InChI is InChI=1S/C12H14N4O/c17-12-15-14-8-16(12)6-5-9-7-13-11-4-2-1-3-10(9)11/h1-4,8-9,13H,5-7H2,(H,15,17). The smallest absolute Gasteiger partial charge is 0.343 e. The van der Waals surface area contributed by atoms with Crippen LogP contribution in [-0.4, -0.2) is 21.3 Å². The van der Waals surface area contributed by atoms with Crippen molar-refractivity contribution < 1.29 is 0 Å². The number of fused-ring (bicyclic) bond motifs is 1. The second kappa shape index (κ2) is 4.08. The van der Waals surface area contributed by atoms with E-state index >= 15 is 0 Å². The van der Waals surface area contributed by atoms with Gasteiger partial charge in [-0.2, -0.15) is 5.10 Å². The summed E-state index contributed by atoms with van der Waals surface area (Å²) in [5, 5.41) is 9.51. The highest BCUT2D eigenvalue weighted by Crippen LogP contribution is 2.33. The second-order valence-electron chi connectivity index (χ2n) is 4.31. The van der Waals surface area contributed by atoms with E-state index in [9.17, 15) is 4.79 Å². The Morgan fingerprint density at radius 1 is 1.41 bits per heavy atom. The molecule has 3 rings (SSSR count). The molecule has 1 aromatic carbocycles. The zero-order valence-corrected chi connectivity index (χ0v) is 9.39. The van der Waals surface area contributed by atoms with E-state index in [1.807, 2.05) is 6.07 Å². The number of nitrogens with one attached hydrogen (secondary N) is 2. The Hall–Kier alpha value is -2.04. The molecule has 1 atom stereocenters. The number of aryl methyl sites for hydroxylation is 1. The molecule has 1 aliphatic heterocycles. The molecule has 0 bridgehead atoms. The van der Waals surface area contributed by atoms with Gasteiger partial charge in [0.2, 0.25) is 0 Å². The van der Waals surface area contributed by atoms with Gasteiger partial charge < -0.3 is 5.32 Å². The summed E-state index contributed by atoms with van der Waals surface area (Å²) in [6.45, 7) is 1.65. The van der Waals surface area contributed by atoms with Gasteiger partial charge in [0.1, 0.15) is 6.33 Å². The fourth-order valence-electron chi connectivity index (χ4n) is 2.34. The topological polar surface area (TPSA) is 62.7 Å². The summed E-state index contributed by atoms with van der Waals surface area (Å²) in [5.41, 5.74) is 2.44. The van der Waals surface area contributed by atoms with Gasteiger partial charge in [0, 0.05) is 24.7 Å². The van der Waals surface area contributed by atoms with E-state index in [0.29, 0.717) is 12.5 Å². The Bertz CT molecular complexity index is 572. The molecule has 5 nitrogen and oxygen atoms in total. The second-order valence-corrected chi connectivity index (χ2v) is 4.31. The Balaban J connectivity index is 1.72. The molecule has 2 heterocycles. The first-order valence-electron chi connectivity index (χ1n) is 5.77. The Morgan fingerprint density at radius 3 is 3.12 bits per heavy atom. The van der Waals surface area contributed by atoms with E-state index in [-0.39, 0.29) is 5.69 Å². The molecule has 0 saturated carbocycles. The van der Waals surface area contributed by atoms with Crippen molar-refractivity contribution in [1.82, 2.24) is 14.8 Å². The normalized spacial score (nSPS) is 17.8. The minimum absolute atomic E-state index is 0.135. The maximum atomic E-state index is 11.3. The first-order chi connectivity index (χ1) is 8.34. The van der Waals surface area contributed by atoms with Crippen molar-refractivity contribution in [2.24, 2.45) is 0 Å². The van der Waals surface area contributed by atoms with Crippen molar-refractivity contribution in [3.05, 3.63) is 46.6 Å². The van der Waals surface area contributed by atoms with Crippen molar-refractivity contribution in [2.45, 2.75) is 18.9 Å². The van der Waals surface area contributed by atoms with Crippen molar-refractivity contribution in [3.8, 4) is 0 Å². The van der Waals surface area contributed by atoms with Crippen molar-refractivity contribution in [2.75, 3.05) is 11.9 Å². The summed E-state index contributed by atoms with van der Waals surface area (Å²) in [7, 11) is 0. The molecular weight excluding hydrogens is 216 g/mol. The van der Waals surface area contributed by atoms with Crippen LogP contribution in [0.4, 0.5) is 5.69 Å². The lowest BCUT2D eigenvalue weighted by Crippen LogP contribution is -2.18. The highest BCUT2D eigenvalue weighted by molar-refractivity contribution is 5.57. The number of nitrogens with zero attached hydrogens (tertiary/aromatic N) is 2. The zero-order chi connectivity index (χ0) is 11.7. The summed E-state index contributed by atoms with van der Waals surface area (Å²) in [6, 6.07) is 8.34. The van der Waals surface area contributed by atoms with E-state index < -0.39 is 0 Å². The van der Waals surface area contributed by atoms with E-state index in [2.05, 4.69) is 33.7 Å². The summed E-state index contributed by atoms with van der Waals surface area (Å²) in [6.07, 6.45) is 2.50. The summed E-state index contributed by atoms with van der Waals surface area (Å²) in [5.74, 6) is 0.480. The quantitative estimate of drug-likeness (QED) is 0.832. The van der Waals surface area contributed by atoms with E-state index in [0.717, 1.165) is 13.0 Å². The maximum absolute atomic E-state index is 11.3. The first kappa shape index (κ1) is 10.1. The van der Waals surface area contributed by atoms with E-state index in [1.54, 1.807) is 10.9 Å². The van der Waals surface area contributed by atoms with Gasteiger partial charge in [-0.3, -0.25) is 4.57 Å². The lowest BCUT2D eigenvalue weighted by atomic mass is 9.98. The van der Waals surface area contributed by atoms with Crippen LogP contribution in [0.5, 0.6) is 0 Å². The van der Waals surface area contributed by atoms with Crippen molar-refractivity contribution >= 4 is 5.69 Å². The van der Waals surface area contributed by atoms with Crippen LogP contribution in [0.25, 0.3) is 0 Å². The molecule has 0 fully saturated rings. The fraction of sp³-hybridized carbons (Fsp3) is 0.333. The van der Waals surface area contributed by atoms with Crippen LogP contribution in [0.15, 0.2) is 35.4 Å². The van der Waals surface area contributed by atoms with Gasteiger partial charge in [-0.05, 0) is 18.1 Å². The molecule has 0 spiro atoms. The lowest BCUT2D eigenvalue weighted by molar-refractivity contribution is 0.563. The molecule has 1 aliphatic rings. The van der Waals surface area contributed by atoms with Gasteiger partial charge in [0.05, 0.1) is 0 Å². The van der Waals surface area contributed by atoms with Crippen LogP contribution >= 0.6 is 0 Å². The molecule has 1 aromatic heterocycles. The number of rotatable bonds is 3. The van der Waals surface area contributed by atoms with Gasteiger partial charge in [0.15, 0.2) is 0 Å². The molecule has 5 heteroatoms. The molecule has 2 aromatic rings. The zero-order valence-electron chi connectivity index (χ0n) is 9.39. The summed E-state index contributed by atoms with van der Waals surface area (Å²) >= 11 is 0. The molecule has 88 valence electrons. The van der Waals surface area contributed by atoms with Gasteiger partial charge in [-0.1, -0.05) is 18.2 Å².